The molecule has 204 valence electrons. The highest BCUT2D eigenvalue weighted by molar-refractivity contribution is 5.91. The fraction of sp³-hybridized carbons (Fsp3) is 0.583. The van der Waals surface area contributed by atoms with Crippen molar-refractivity contribution in [1.29, 1.82) is 0 Å². The molecule has 0 unspecified atom stereocenters. The Balaban J connectivity index is 1.65. The average molecular weight is 526 g/mol. The summed E-state index contributed by atoms with van der Waals surface area (Å²) in [7, 11) is 1.08. The van der Waals surface area contributed by atoms with Gasteiger partial charge in [-0.05, 0) is 19.1 Å². The van der Waals surface area contributed by atoms with Crippen molar-refractivity contribution < 1.29 is 63.9 Å². The second-order valence-electron chi connectivity index (χ2n) is 9.45. The van der Waals surface area contributed by atoms with Gasteiger partial charge in [0, 0.05) is 6.42 Å². The molecule has 0 bridgehead atoms. The number of hydrogen-bond donors (Lipinski definition) is 6. The number of esters is 2. The molecule has 3 aliphatic rings. The number of carbonyl (C=O) groups excluding carboxylic acids is 2. The number of fused-ring (bicyclic) bond motifs is 1. The highest BCUT2D eigenvalue weighted by Crippen LogP contribution is 2.53. The fourth-order valence-corrected chi connectivity index (χ4v) is 5.08. The Kier molecular flexibility index (Phi) is 7.61. The molecule has 2 fully saturated rings. The van der Waals surface area contributed by atoms with Crippen molar-refractivity contribution in [1.82, 2.24) is 0 Å². The molecular weight excluding hydrogens is 496 g/mol. The van der Waals surface area contributed by atoms with Gasteiger partial charge in [-0.3, -0.25) is 0 Å². The topological polar surface area (TPSA) is 202 Å². The van der Waals surface area contributed by atoms with Crippen LogP contribution in [0.15, 0.2) is 42.2 Å². The van der Waals surface area contributed by atoms with Gasteiger partial charge in [-0.2, -0.15) is 0 Å². The zero-order valence-electron chi connectivity index (χ0n) is 20.0. The fourth-order valence-electron chi connectivity index (χ4n) is 5.08. The molecule has 0 aromatic heterocycles. The highest BCUT2D eigenvalue weighted by Gasteiger charge is 2.69. The van der Waals surface area contributed by atoms with Gasteiger partial charge in [0.15, 0.2) is 6.29 Å². The quantitative estimate of drug-likeness (QED) is 0.221. The Hall–Kier alpha value is -2.62. The second kappa shape index (κ2) is 10.3. The zero-order chi connectivity index (χ0) is 27.1. The van der Waals surface area contributed by atoms with Crippen LogP contribution in [-0.4, -0.2) is 111 Å². The molecule has 2 heterocycles. The van der Waals surface area contributed by atoms with Crippen molar-refractivity contribution in [3.05, 3.63) is 47.7 Å². The average Bonchev–Trinajstić information content (AvgIpc) is 3.09. The Labute approximate surface area is 211 Å². The Morgan fingerprint density at radius 3 is 2.32 bits per heavy atom. The minimum absolute atomic E-state index is 0.189. The summed E-state index contributed by atoms with van der Waals surface area (Å²) in [5, 5.41) is 63.2. The van der Waals surface area contributed by atoms with Crippen LogP contribution in [0, 0.1) is 5.92 Å². The molecule has 1 aromatic carbocycles. The van der Waals surface area contributed by atoms with E-state index in [1.807, 2.05) is 0 Å². The summed E-state index contributed by atoms with van der Waals surface area (Å²) >= 11 is 0. The van der Waals surface area contributed by atoms with Gasteiger partial charge in [0.05, 0.1) is 31.5 Å². The van der Waals surface area contributed by atoms with Gasteiger partial charge < -0.3 is 54.3 Å². The lowest BCUT2D eigenvalue weighted by molar-refractivity contribution is -0.352. The molecule has 1 saturated carbocycles. The molecule has 0 spiro atoms. The first kappa shape index (κ1) is 27.4. The van der Waals surface area contributed by atoms with E-state index in [0.717, 1.165) is 13.4 Å². The van der Waals surface area contributed by atoms with Gasteiger partial charge in [-0.15, -0.1) is 0 Å². The van der Waals surface area contributed by atoms with Crippen molar-refractivity contribution in [3.63, 3.8) is 0 Å². The van der Waals surface area contributed by atoms with Crippen molar-refractivity contribution in [2.45, 2.75) is 67.6 Å². The number of benzene rings is 1. The highest BCUT2D eigenvalue weighted by atomic mass is 16.8. The van der Waals surface area contributed by atoms with Gasteiger partial charge >= 0.3 is 11.9 Å². The van der Waals surface area contributed by atoms with E-state index in [1.54, 1.807) is 18.2 Å². The molecule has 4 rings (SSSR count). The van der Waals surface area contributed by atoms with Crippen LogP contribution >= 0.6 is 0 Å². The van der Waals surface area contributed by atoms with Crippen molar-refractivity contribution >= 4 is 11.9 Å². The predicted molar refractivity (Wildman–Crippen MR) is 119 cm³/mol. The summed E-state index contributed by atoms with van der Waals surface area (Å²) in [5.41, 5.74) is -4.43. The molecule has 1 saturated heterocycles. The molecule has 1 aliphatic carbocycles. The van der Waals surface area contributed by atoms with Crippen molar-refractivity contribution in [3.8, 4) is 0 Å². The molecule has 2 aliphatic heterocycles. The largest absolute Gasteiger partial charge is 0.471 e. The van der Waals surface area contributed by atoms with Crippen LogP contribution in [0.1, 0.15) is 23.7 Å². The molecule has 6 N–H and O–H groups in total. The maximum absolute atomic E-state index is 12.7. The van der Waals surface area contributed by atoms with E-state index >= 15 is 0 Å². The standard InChI is InChI=1S/C24H30O13/c1-23(31)14(36-19(29)11-6-4-3-5-7-11)8-24(32)12(20(30)33-2)10-34-22(18(23)24)37-21-17(28)16(27)15(26)13(9-25)35-21/h3-7,10,13-18,21-22,25-28,31-32H,8-9H2,1-2H3/t13-,14+,15-,16+,17-,18-,21+,22+,23+,24+/m1/s1. The number of ether oxygens (including phenoxy) is 5. The Bertz CT molecular complexity index is 1020. The van der Waals surface area contributed by atoms with Gasteiger partial charge in [0.2, 0.25) is 6.29 Å². The monoisotopic (exact) mass is 526 g/mol. The summed E-state index contributed by atoms with van der Waals surface area (Å²) in [4.78, 5) is 25.2. The van der Waals surface area contributed by atoms with Crippen LogP contribution in [-0.2, 0) is 28.5 Å². The number of aliphatic hydroxyl groups is 6. The molecule has 0 amide bonds. The van der Waals surface area contributed by atoms with Gasteiger partial charge in [-0.25, -0.2) is 9.59 Å². The molecule has 37 heavy (non-hydrogen) atoms. The third-order valence-corrected chi connectivity index (χ3v) is 7.13. The van der Waals surface area contributed by atoms with Crippen molar-refractivity contribution in [2.75, 3.05) is 13.7 Å². The summed E-state index contributed by atoms with van der Waals surface area (Å²) in [5.74, 6) is -3.26. The molecular formula is C24H30O13. The lowest BCUT2D eigenvalue weighted by atomic mass is 9.77. The summed E-state index contributed by atoms with van der Waals surface area (Å²) < 4.78 is 26.8. The molecule has 10 atom stereocenters. The van der Waals surface area contributed by atoms with E-state index in [1.165, 1.54) is 19.1 Å². The summed E-state index contributed by atoms with van der Waals surface area (Å²) in [6.07, 6.45) is -10.7. The van der Waals surface area contributed by atoms with Crippen LogP contribution < -0.4 is 0 Å². The summed E-state index contributed by atoms with van der Waals surface area (Å²) in [6.45, 7) is 0.539. The third-order valence-electron chi connectivity index (χ3n) is 7.13. The molecule has 0 radical (unpaired) electrons. The smallest absolute Gasteiger partial charge is 0.339 e. The zero-order valence-corrected chi connectivity index (χ0v) is 20.0. The van der Waals surface area contributed by atoms with Gasteiger partial charge in [0.1, 0.15) is 47.3 Å². The Morgan fingerprint density at radius 2 is 1.70 bits per heavy atom. The van der Waals surface area contributed by atoms with E-state index in [0.29, 0.717) is 0 Å². The molecule has 13 heteroatoms. The van der Waals surface area contributed by atoms with Gasteiger partial charge in [-0.1, -0.05) is 18.2 Å². The van der Waals surface area contributed by atoms with E-state index in [4.69, 9.17) is 23.7 Å². The van der Waals surface area contributed by atoms with Crippen LogP contribution in [0.2, 0.25) is 0 Å². The lowest BCUT2D eigenvalue weighted by Crippen LogP contribution is -2.62. The number of carbonyl (C=O) groups is 2. The van der Waals surface area contributed by atoms with E-state index in [-0.39, 0.29) is 11.1 Å². The molecule has 13 nitrogen and oxygen atoms in total. The minimum atomic E-state index is -2.19. The first-order chi connectivity index (χ1) is 17.4. The van der Waals surface area contributed by atoms with Crippen LogP contribution in [0.3, 0.4) is 0 Å². The van der Waals surface area contributed by atoms with Gasteiger partial charge in [0.25, 0.3) is 0 Å². The maximum Gasteiger partial charge on any atom is 0.339 e. The SMILES string of the molecule is COC(=O)C1=CO[C@@H](O[C@@H]2O[C@H](CO)[C@@H](O)[C@H](O)[C@H]2O)[C@@H]2[C@@](C)(O)[C@@H](OC(=O)c3ccccc3)C[C@]12O. The van der Waals surface area contributed by atoms with Crippen LogP contribution in [0.5, 0.6) is 0 Å². The molecule has 1 aromatic rings. The number of rotatable bonds is 6. The first-order valence-electron chi connectivity index (χ1n) is 11.6. The normalized spacial score (nSPS) is 41.2. The van der Waals surface area contributed by atoms with Crippen LogP contribution in [0.4, 0.5) is 0 Å². The second-order valence-corrected chi connectivity index (χ2v) is 9.45. The van der Waals surface area contributed by atoms with Crippen LogP contribution in [0.25, 0.3) is 0 Å². The van der Waals surface area contributed by atoms with E-state index in [2.05, 4.69) is 0 Å². The van der Waals surface area contributed by atoms with Crippen molar-refractivity contribution in [2.24, 2.45) is 5.92 Å². The summed E-state index contributed by atoms with van der Waals surface area (Å²) in [6, 6.07) is 7.94. The van der Waals surface area contributed by atoms with E-state index < -0.39 is 85.2 Å². The third kappa shape index (κ3) is 4.73. The predicted octanol–water partition coefficient (Wildman–Crippen LogP) is -2.06. The number of methoxy groups -OCH3 is 1. The number of hydrogen-bond acceptors (Lipinski definition) is 13. The van der Waals surface area contributed by atoms with E-state index in [9.17, 15) is 40.2 Å². The maximum atomic E-state index is 12.7. The lowest BCUT2D eigenvalue weighted by Gasteiger charge is -2.46. The minimum Gasteiger partial charge on any atom is -0.471 e. The first-order valence-corrected chi connectivity index (χ1v) is 11.6. The number of aliphatic hydroxyl groups excluding tert-OH is 4. The Morgan fingerprint density at radius 1 is 1.03 bits per heavy atom.